The van der Waals surface area contributed by atoms with Crippen molar-refractivity contribution in [3.8, 4) is 0 Å². The number of unbranched alkanes of at least 4 members (excludes halogenated alkanes) is 44. The minimum atomic E-state index is -4.96. The smallest absolute Gasteiger partial charge is 0.462 e. The maximum absolute atomic E-state index is 13.1. The van der Waals surface area contributed by atoms with Gasteiger partial charge in [-0.3, -0.25) is 37.3 Å². The summed E-state index contributed by atoms with van der Waals surface area (Å²) in [5, 5.41) is 10.7. The molecule has 7 atom stereocenters. The van der Waals surface area contributed by atoms with Crippen LogP contribution in [-0.4, -0.2) is 96.7 Å². The fraction of sp³-hybridized carbons (Fsp3) is 0.952. The van der Waals surface area contributed by atoms with Crippen LogP contribution < -0.4 is 0 Å². The Hall–Kier alpha value is -1.94. The molecule has 0 bridgehead atoms. The van der Waals surface area contributed by atoms with Crippen molar-refractivity contribution in [3.05, 3.63) is 0 Å². The van der Waals surface area contributed by atoms with Crippen molar-refractivity contribution in [2.45, 2.75) is 446 Å². The number of esters is 4. The molecule has 3 N–H and O–H groups in total. The van der Waals surface area contributed by atoms with Gasteiger partial charge < -0.3 is 33.8 Å². The van der Waals surface area contributed by atoms with E-state index in [4.69, 9.17) is 37.0 Å². The molecular weight excluding hydrogens is 1330 g/mol. The first-order valence-electron chi connectivity index (χ1n) is 42.8. The first-order valence-corrected chi connectivity index (χ1v) is 45.8. The van der Waals surface area contributed by atoms with E-state index in [2.05, 4.69) is 55.4 Å². The second-order valence-corrected chi connectivity index (χ2v) is 34.2. The SMILES string of the molecule is CCC(C)CCCCCCCCCCCCCCCCC(=O)O[C@H](COC(=O)CCCCCCCCCCCCCCCCCCC(C)C)COP(=O)(O)OC[C@@H](O)COP(=O)(O)OC[C@@H](COC(=O)CCCCCCCCC(C)CC)OC(=O)CCCCCCCCCCCCCCC(C)C. The second-order valence-electron chi connectivity index (χ2n) is 31.3. The van der Waals surface area contributed by atoms with Gasteiger partial charge in [0.25, 0.3) is 0 Å². The van der Waals surface area contributed by atoms with Crippen LogP contribution in [0.2, 0.25) is 0 Å². The van der Waals surface area contributed by atoms with Crippen LogP contribution in [0.25, 0.3) is 0 Å². The zero-order valence-corrected chi connectivity index (χ0v) is 69.0. The normalized spacial score (nSPS) is 14.5. The molecule has 0 spiro atoms. The van der Waals surface area contributed by atoms with Crippen LogP contribution in [0.3, 0.4) is 0 Å². The Bertz CT molecular complexity index is 1990. The number of rotatable bonds is 80. The van der Waals surface area contributed by atoms with E-state index in [1.807, 2.05) is 0 Å². The maximum Gasteiger partial charge on any atom is 0.472 e. The van der Waals surface area contributed by atoms with Crippen molar-refractivity contribution in [2.75, 3.05) is 39.6 Å². The summed E-state index contributed by atoms with van der Waals surface area (Å²) in [6.07, 6.45) is 59.6. The summed E-state index contributed by atoms with van der Waals surface area (Å²) < 4.78 is 68.8. The lowest BCUT2D eigenvalue weighted by Gasteiger charge is -2.21. The number of carbonyl (C=O) groups excluding carboxylic acids is 4. The predicted molar refractivity (Wildman–Crippen MR) is 418 cm³/mol. The maximum atomic E-state index is 13.1. The second kappa shape index (κ2) is 72.0. The number of ether oxygens (including phenoxy) is 4. The van der Waals surface area contributed by atoms with Crippen LogP contribution in [-0.2, 0) is 65.4 Å². The Morgan fingerprint density at radius 1 is 0.275 bits per heavy atom. The number of phosphoric acid groups is 2. The zero-order chi connectivity index (χ0) is 75.3. The molecule has 0 aromatic rings. The van der Waals surface area contributed by atoms with Gasteiger partial charge in [0.15, 0.2) is 12.2 Å². The molecule has 606 valence electrons. The quantitative estimate of drug-likeness (QED) is 0.0222. The van der Waals surface area contributed by atoms with Gasteiger partial charge in [0, 0.05) is 25.7 Å². The number of carbonyl (C=O) groups is 4. The predicted octanol–water partition coefficient (Wildman–Crippen LogP) is 24.8. The summed E-state index contributed by atoms with van der Waals surface area (Å²) >= 11 is 0. The van der Waals surface area contributed by atoms with Crippen molar-refractivity contribution >= 4 is 39.5 Å². The molecule has 0 aromatic carbocycles. The van der Waals surface area contributed by atoms with Gasteiger partial charge >= 0.3 is 39.5 Å². The van der Waals surface area contributed by atoms with Crippen LogP contribution in [0.1, 0.15) is 428 Å². The third-order valence-corrected chi connectivity index (χ3v) is 21.9. The zero-order valence-electron chi connectivity index (χ0n) is 67.2. The molecule has 102 heavy (non-hydrogen) atoms. The van der Waals surface area contributed by atoms with Gasteiger partial charge in [-0.25, -0.2) is 9.13 Å². The number of hydrogen-bond donors (Lipinski definition) is 3. The largest absolute Gasteiger partial charge is 0.472 e. The molecule has 0 aliphatic rings. The first kappa shape index (κ1) is 100. The molecule has 0 heterocycles. The molecule has 0 aromatic heterocycles. The minimum Gasteiger partial charge on any atom is -0.462 e. The highest BCUT2D eigenvalue weighted by molar-refractivity contribution is 7.47. The summed E-state index contributed by atoms with van der Waals surface area (Å²) in [7, 11) is -9.93. The highest BCUT2D eigenvalue weighted by atomic mass is 31.2. The van der Waals surface area contributed by atoms with E-state index >= 15 is 0 Å². The molecule has 4 unspecified atom stereocenters. The van der Waals surface area contributed by atoms with Crippen LogP contribution in [0.4, 0.5) is 0 Å². The van der Waals surface area contributed by atoms with E-state index in [-0.39, 0.29) is 25.7 Å². The van der Waals surface area contributed by atoms with Gasteiger partial charge in [-0.15, -0.1) is 0 Å². The first-order chi connectivity index (χ1) is 49.2. The van der Waals surface area contributed by atoms with E-state index in [1.54, 1.807) is 0 Å². The lowest BCUT2D eigenvalue weighted by atomic mass is 9.99. The van der Waals surface area contributed by atoms with Gasteiger partial charge in [-0.2, -0.15) is 0 Å². The number of aliphatic hydroxyl groups excluding tert-OH is 1. The fourth-order valence-corrected chi connectivity index (χ4v) is 14.3. The fourth-order valence-electron chi connectivity index (χ4n) is 12.7. The van der Waals surface area contributed by atoms with Gasteiger partial charge in [-0.05, 0) is 49.4 Å². The Morgan fingerprint density at radius 3 is 0.696 bits per heavy atom. The van der Waals surface area contributed by atoms with Crippen LogP contribution in [0.5, 0.6) is 0 Å². The Morgan fingerprint density at radius 2 is 0.471 bits per heavy atom. The van der Waals surface area contributed by atoms with Crippen LogP contribution in [0.15, 0.2) is 0 Å². The van der Waals surface area contributed by atoms with Crippen LogP contribution in [0, 0.1) is 23.7 Å². The highest BCUT2D eigenvalue weighted by Crippen LogP contribution is 2.45. The lowest BCUT2D eigenvalue weighted by Crippen LogP contribution is -2.30. The number of aliphatic hydroxyl groups is 1. The third kappa shape index (κ3) is 73.6. The minimum absolute atomic E-state index is 0.106. The number of hydrogen-bond acceptors (Lipinski definition) is 15. The molecule has 0 aliphatic carbocycles. The molecule has 0 fully saturated rings. The van der Waals surface area contributed by atoms with E-state index in [9.17, 15) is 43.2 Å². The molecule has 19 heteroatoms. The lowest BCUT2D eigenvalue weighted by molar-refractivity contribution is -0.161. The van der Waals surface area contributed by atoms with Gasteiger partial charge in [-0.1, -0.05) is 376 Å². The van der Waals surface area contributed by atoms with Crippen molar-refractivity contribution < 1.29 is 80.2 Å². The average molecular weight is 1490 g/mol. The van der Waals surface area contributed by atoms with Gasteiger partial charge in [0.1, 0.15) is 19.3 Å². The third-order valence-electron chi connectivity index (χ3n) is 20.0. The van der Waals surface area contributed by atoms with Crippen molar-refractivity contribution in [3.63, 3.8) is 0 Å². The Labute approximate surface area is 626 Å². The summed E-state index contributed by atoms with van der Waals surface area (Å²) in [6, 6.07) is 0. The summed E-state index contributed by atoms with van der Waals surface area (Å²) in [5.74, 6) is 1.05. The molecule has 0 radical (unpaired) electrons. The van der Waals surface area contributed by atoms with Gasteiger partial charge in [0.2, 0.25) is 0 Å². The summed E-state index contributed by atoms with van der Waals surface area (Å²) in [4.78, 5) is 73.1. The molecule has 0 amide bonds. The van der Waals surface area contributed by atoms with Crippen molar-refractivity contribution in [2.24, 2.45) is 23.7 Å². The standard InChI is InChI=1S/C83H162O17P2/c1-9-75(7)61-53-45-37-31-25-18-15-16-20-27-33-39-49-57-65-82(87)99-78(69-93-80(85)63-55-47-38-32-26-19-14-12-11-13-17-23-29-35-43-51-59-73(3)4)71-97-101(89,90)95-67-77(84)68-96-102(91,92)98-72-79(70-94-81(86)64-56-48-42-41-46-54-62-76(8)10-2)100-83(88)66-58-50-40-34-28-22-21-24-30-36-44-52-60-74(5)6/h73-79,84H,9-72H2,1-8H3,(H,89,90)(H,91,92)/t75?,76?,77-,78-,79-/m1/s1. The van der Waals surface area contributed by atoms with E-state index in [0.29, 0.717) is 25.7 Å². The highest BCUT2D eigenvalue weighted by Gasteiger charge is 2.30. The molecule has 0 rings (SSSR count). The summed E-state index contributed by atoms with van der Waals surface area (Å²) in [5.41, 5.74) is 0. The van der Waals surface area contributed by atoms with E-state index in [1.165, 1.54) is 225 Å². The Balaban J connectivity index is 5.25. The topological polar surface area (TPSA) is 237 Å². The Kier molecular flexibility index (Phi) is 70.6. The summed E-state index contributed by atoms with van der Waals surface area (Å²) in [6.45, 7) is 14.3. The average Bonchev–Trinajstić information content (AvgIpc) is 0.924. The van der Waals surface area contributed by atoms with Crippen LogP contribution >= 0.6 is 15.6 Å². The monoisotopic (exact) mass is 1490 g/mol. The molecule has 0 saturated heterocycles. The number of phosphoric ester groups is 2. The van der Waals surface area contributed by atoms with E-state index < -0.39 is 97.5 Å². The molecule has 0 saturated carbocycles. The van der Waals surface area contributed by atoms with Crippen molar-refractivity contribution in [1.82, 2.24) is 0 Å². The molecular formula is C83H162O17P2. The van der Waals surface area contributed by atoms with E-state index in [0.717, 1.165) is 120 Å². The van der Waals surface area contributed by atoms with Crippen molar-refractivity contribution in [1.29, 1.82) is 0 Å². The van der Waals surface area contributed by atoms with Gasteiger partial charge in [0.05, 0.1) is 26.4 Å². The molecule has 0 aliphatic heterocycles. The molecule has 17 nitrogen and oxygen atoms in total.